The molecule has 0 aromatic rings. The summed E-state index contributed by atoms with van der Waals surface area (Å²) in [6, 6.07) is 0.515. The lowest BCUT2D eigenvalue weighted by molar-refractivity contribution is -0.0256. The molecule has 3 aliphatic heterocycles. The molecule has 0 saturated carbocycles. The fourth-order valence-corrected chi connectivity index (χ4v) is 4.29. The Balaban J connectivity index is 1.49. The van der Waals surface area contributed by atoms with Crippen molar-refractivity contribution < 1.29 is 4.84 Å². The van der Waals surface area contributed by atoms with Crippen LogP contribution in [-0.2, 0) is 4.84 Å². The molecule has 134 valence electrons. The van der Waals surface area contributed by atoms with Crippen molar-refractivity contribution in [1.29, 1.82) is 0 Å². The van der Waals surface area contributed by atoms with Gasteiger partial charge in [0.1, 0.15) is 6.23 Å². The Morgan fingerprint density at radius 3 is 2.70 bits per heavy atom. The van der Waals surface area contributed by atoms with E-state index in [1.807, 2.05) is 0 Å². The first-order valence-corrected chi connectivity index (χ1v) is 9.35. The van der Waals surface area contributed by atoms with Crippen LogP contribution in [0.3, 0.4) is 0 Å². The van der Waals surface area contributed by atoms with Crippen LogP contribution in [0.4, 0.5) is 0 Å². The predicted octanol–water partition coefficient (Wildman–Crippen LogP) is 0.771. The molecule has 0 aromatic carbocycles. The molecule has 3 fully saturated rings. The van der Waals surface area contributed by atoms with Gasteiger partial charge in [0.05, 0.1) is 18.4 Å². The predicted molar refractivity (Wildman–Crippen MR) is 92.6 cm³/mol. The van der Waals surface area contributed by atoms with Crippen LogP contribution in [-0.4, -0.2) is 68.1 Å². The van der Waals surface area contributed by atoms with Gasteiger partial charge in [-0.2, -0.15) is 5.48 Å². The highest BCUT2D eigenvalue weighted by molar-refractivity contribution is 4.91. The van der Waals surface area contributed by atoms with Crippen molar-refractivity contribution >= 4 is 0 Å². The number of rotatable bonds is 5. The third-order valence-electron chi connectivity index (χ3n) is 5.55. The molecule has 4 unspecified atom stereocenters. The van der Waals surface area contributed by atoms with Crippen molar-refractivity contribution in [2.75, 3.05) is 33.7 Å². The van der Waals surface area contributed by atoms with Crippen LogP contribution in [0.25, 0.3) is 0 Å². The number of likely N-dealkylation sites (tertiary alicyclic amines) is 1. The zero-order chi connectivity index (χ0) is 16.4. The Labute approximate surface area is 141 Å². The van der Waals surface area contributed by atoms with E-state index in [0.717, 1.165) is 6.54 Å². The van der Waals surface area contributed by atoms with E-state index >= 15 is 0 Å². The average Bonchev–Trinajstić information content (AvgIpc) is 3.15. The maximum absolute atomic E-state index is 5.95. The molecule has 0 aliphatic carbocycles. The molecular weight excluding hydrogens is 290 g/mol. The molecule has 3 heterocycles. The first-order chi connectivity index (χ1) is 11.0. The van der Waals surface area contributed by atoms with Crippen molar-refractivity contribution in [1.82, 2.24) is 25.9 Å². The van der Waals surface area contributed by atoms with Crippen molar-refractivity contribution in [2.24, 2.45) is 11.8 Å². The molecule has 0 aromatic heterocycles. The molecule has 3 N–H and O–H groups in total. The van der Waals surface area contributed by atoms with Gasteiger partial charge in [0.15, 0.2) is 0 Å². The fourth-order valence-electron chi connectivity index (χ4n) is 4.29. The van der Waals surface area contributed by atoms with E-state index in [4.69, 9.17) is 4.84 Å². The summed E-state index contributed by atoms with van der Waals surface area (Å²) in [6.07, 6.45) is 5.89. The molecular formula is C17H35N5O. The van der Waals surface area contributed by atoms with Gasteiger partial charge in [0.2, 0.25) is 0 Å². The third-order valence-corrected chi connectivity index (χ3v) is 5.55. The minimum atomic E-state index is 0.132. The number of hydrogen-bond donors (Lipinski definition) is 3. The number of hydroxylamine groups is 1. The van der Waals surface area contributed by atoms with E-state index in [-0.39, 0.29) is 12.4 Å². The van der Waals surface area contributed by atoms with Crippen molar-refractivity contribution in [3.05, 3.63) is 0 Å². The highest BCUT2D eigenvalue weighted by Gasteiger charge is 2.40. The molecule has 23 heavy (non-hydrogen) atoms. The van der Waals surface area contributed by atoms with E-state index < -0.39 is 0 Å². The average molecular weight is 326 g/mol. The summed E-state index contributed by atoms with van der Waals surface area (Å²) < 4.78 is 0. The third kappa shape index (κ3) is 4.24. The van der Waals surface area contributed by atoms with E-state index in [9.17, 15) is 0 Å². The van der Waals surface area contributed by atoms with Gasteiger partial charge < -0.3 is 5.32 Å². The quantitative estimate of drug-likeness (QED) is 0.694. The van der Waals surface area contributed by atoms with Crippen molar-refractivity contribution in [3.8, 4) is 0 Å². The number of nitrogens with one attached hydrogen (secondary N) is 3. The zero-order valence-electron chi connectivity index (χ0n) is 15.2. The largest absolute Gasteiger partial charge is 0.301 e. The minimum absolute atomic E-state index is 0.132. The van der Waals surface area contributed by atoms with Gasteiger partial charge in [0, 0.05) is 19.0 Å². The Kier molecular flexibility index (Phi) is 5.93. The van der Waals surface area contributed by atoms with Gasteiger partial charge in [0.25, 0.3) is 0 Å². The Morgan fingerprint density at radius 2 is 2.04 bits per heavy atom. The van der Waals surface area contributed by atoms with Gasteiger partial charge in [-0.3, -0.25) is 20.0 Å². The summed E-state index contributed by atoms with van der Waals surface area (Å²) in [4.78, 5) is 10.8. The molecule has 5 atom stereocenters. The second-order valence-electron chi connectivity index (χ2n) is 8.12. The summed E-state index contributed by atoms with van der Waals surface area (Å²) in [5, 5.41) is 7.37. The monoisotopic (exact) mass is 325 g/mol. The molecule has 0 spiro atoms. The number of hydrogen-bond acceptors (Lipinski definition) is 6. The maximum atomic E-state index is 5.95. The van der Waals surface area contributed by atoms with Crippen LogP contribution in [0.2, 0.25) is 0 Å². The van der Waals surface area contributed by atoms with Crippen LogP contribution in [0.15, 0.2) is 0 Å². The maximum Gasteiger partial charge on any atom is 0.146 e. The molecule has 3 saturated heterocycles. The Morgan fingerprint density at radius 1 is 1.22 bits per heavy atom. The van der Waals surface area contributed by atoms with Crippen LogP contribution in [0.1, 0.15) is 39.5 Å². The van der Waals surface area contributed by atoms with Gasteiger partial charge in [-0.25, -0.2) is 0 Å². The van der Waals surface area contributed by atoms with Gasteiger partial charge >= 0.3 is 0 Å². The first-order valence-electron chi connectivity index (χ1n) is 9.35. The molecule has 3 aliphatic rings. The molecule has 3 rings (SSSR count). The Hall–Kier alpha value is -0.240. The van der Waals surface area contributed by atoms with Crippen LogP contribution < -0.4 is 16.1 Å². The van der Waals surface area contributed by atoms with E-state index in [1.54, 1.807) is 0 Å². The topological polar surface area (TPSA) is 51.8 Å². The first kappa shape index (κ1) is 17.6. The molecule has 0 radical (unpaired) electrons. The summed E-state index contributed by atoms with van der Waals surface area (Å²) in [5.41, 5.74) is 3.28. The lowest BCUT2D eigenvalue weighted by atomic mass is 9.94. The van der Waals surface area contributed by atoms with Gasteiger partial charge in [-0.1, -0.05) is 13.8 Å². The zero-order valence-corrected chi connectivity index (χ0v) is 15.2. The van der Waals surface area contributed by atoms with Gasteiger partial charge in [-0.05, 0) is 52.2 Å². The van der Waals surface area contributed by atoms with E-state index in [2.05, 4.69) is 53.9 Å². The molecule has 0 bridgehead atoms. The van der Waals surface area contributed by atoms with E-state index in [0.29, 0.717) is 24.0 Å². The lowest BCUT2D eigenvalue weighted by Crippen LogP contribution is -2.54. The summed E-state index contributed by atoms with van der Waals surface area (Å²) in [5.74, 6) is 1.31. The smallest absolute Gasteiger partial charge is 0.146 e. The van der Waals surface area contributed by atoms with Gasteiger partial charge in [-0.15, -0.1) is 0 Å². The minimum Gasteiger partial charge on any atom is -0.301 e. The highest BCUT2D eigenvalue weighted by Crippen LogP contribution is 2.26. The van der Waals surface area contributed by atoms with Crippen LogP contribution in [0.5, 0.6) is 0 Å². The van der Waals surface area contributed by atoms with Crippen LogP contribution in [0, 0.1) is 11.8 Å². The number of nitrogens with zero attached hydrogens (tertiary/aromatic N) is 2. The second-order valence-corrected chi connectivity index (χ2v) is 8.12. The molecule has 6 nitrogen and oxygen atoms in total. The van der Waals surface area contributed by atoms with E-state index in [1.165, 1.54) is 38.8 Å². The summed E-state index contributed by atoms with van der Waals surface area (Å²) >= 11 is 0. The SMILES string of the molecule is CC(C)CN1CCC[C@H]1C1NC(C2CCC(N(C)C)NC2)NO1. The normalized spacial score (nSPS) is 39.7. The Bertz CT molecular complexity index is 370. The van der Waals surface area contributed by atoms with Crippen molar-refractivity contribution in [3.63, 3.8) is 0 Å². The summed E-state index contributed by atoms with van der Waals surface area (Å²) in [6.45, 7) is 8.03. The number of piperidine rings is 1. The second kappa shape index (κ2) is 7.76. The van der Waals surface area contributed by atoms with Crippen molar-refractivity contribution in [2.45, 2.75) is 64.1 Å². The standard InChI is InChI=1S/C17H35N5O/c1-12(2)11-22-9-5-6-14(22)17-19-16(20-23-17)13-7-8-15(18-10-13)21(3)4/h12-20H,5-11H2,1-4H3/t13?,14-,15?,16?,17?/m0/s1. The van der Waals surface area contributed by atoms with Crippen LogP contribution >= 0.6 is 0 Å². The molecule has 6 heteroatoms. The highest BCUT2D eigenvalue weighted by atomic mass is 16.7. The summed E-state index contributed by atoms with van der Waals surface area (Å²) in [7, 11) is 4.29. The lowest BCUT2D eigenvalue weighted by Gasteiger charge is -2.36. The molecule has 0 amide bonds. The fraction of sp³-hybridized carbons (Fsp3) is 1.00.